The maximum Gasteiger partial charge on any atom is 0.295 e. The number of nitrogens with zero attached hydrogens (tertiary/aromatic N) is 1. The Bertz CT molecular complexity index is 1020. The van der Waals surface area contributed by atoms with Crippen molar-refractivity contribution in [1.29, 1.82) is 0 Å². The number of Topliss-reactive ketones (excluding diaryl/α,β-unsaturated/α-hetero) is 1. The van der Waals surface area contributed by atoms with Crippen LogP contribution in [0, 0.1) is 13.8 Å². The summed E-state index contributed by atoms with van der Waals surface area (Å²) in [5.74, 6) is -0.187. The van der Waals surface area contributed by atoms with E-state index in [1.54, 1.807) is 11.0 Å². The zero-order valence-electron chi connectivity index (χ0n) is 19.4. The van der Waals surface area contributed by atoms with Crippen molar-refractivity contribution in [3.05, 3.63) is 64.1 Å². The van der Waals surface area contributed by atoms with E-state index in [4.69, 9.17) is 4.42 Å². The van der Waals surface area contributed by atoms with Gasteiger partial charge in [-0.05, 0) is 55.0 Å². The van der Waals surface area contributed by atoms with Gasteiger partial charge in [-0.1, -0.05) is 52.7 Å². The second kappa shape index (κ2) is 8.74. The predicted octanol–water partition coefficient (Wildman–Crippen LogP) is 5.81. The smallest absolute Gasteiger partial charge is 0.295 e. The SMILES string of the molecule is CCCCCN1C(=O)C(=O)/C(=C(/O)c2cc(C(C)(C)C)ccc2C)C1c1ccc(C)o1. The van der Waals surface area contributed by atoms with Gasteiger partial charge >= 0.3 is 0 Å². The second-order valence-electron chi connectivity index (χ2n) is 9.43. The molecule has 1 fully saturated rings. The minimum absolute atomic E-state index is 0.102. The van der Waals surface area contributed by atoms with Gasteiger partial charge in [0.25, 0.3) is 11.7 Å². The average molecular weight is 424 g/mol. The fraction of sp³-hybridized carbons (Fsp3) is 0.462. The number of aliphatic hydroxyl groups is 1. The van der Waals surface area contributed by atoms with Crippen LogP contribution in [0.2, 0.25) is 0 Å². The lowest BCUT2D eigenvalue weighted by Crippen LogP contribution is -2.30. The highest BCUT2D eigenvalue weighted by Crippen LogP contribution is 2.41. The molecule has 0 spiro atoms. The Morgan fingerprint density at radius 3 is 2.39 bits per heavy atom. The maximum atomic E-state index is 13.1. The summed E-state index contributed by atoms with van der Waals surface area (Å²) in [4.78, 5) is 27.6. The van der Waals surface area contributed by atoms with E-state index in [-0.39, 0.29) is 16.7 Å². The Kier molecular flexibility index (Phi) is 6.44. The van der Waals surface area contributed by atoms with Crippen molar-refractivity contribution in [1.82, 2.24) is 4.90 Å². The molecule has 0 saturated carbocycles. The molecular weight excluding hydrogens is 390 g/mol. The predicted molar refractivity (Wildman–Crippen MR) is 122 cm³/mol. The van der Waals surface area contributed by atoms with Crippen LogP contribution < -0.4 is 0 Å². The summed E-state index contributed by atoms with van der Waals surface area (Å²) in [6.45, 7) is 12.5. The number of hydrogen-bond donors (Lipinski definition) is 1. The molecule has 3 rings (SSSR count). The number of carbonyl (C=O) groups is 2. The van der Waals surface area contributed by atoms with Gasteiger partial charge in [-0.2, -0.15) is 0 Å². The van der Waals surface area contributed by atoms with Gasteiger partial charge in [0.1, 0.15) is 23.3 Å². The number of benzene rings is 1. The fourth-order valence-electron chi connectivity index (χ4n) is 4.03. The van der Waals surface area contributed by atoms with Crippen LogP contribution in [-0.2, 0) is 15.0 Å². The lowest BCUT2D eigenvalue weighted by atomic mass is 9.84. The molecule has 2 aromatic rings. The van der Waals surface area contributed by atoms with Crippen molar-refractivity contribution in [2.45, 2.75) is 72.3 Å². The van der Waals surface area contributed by atoms with Gasteiger partial charge in [0.05, 0.1) is 5.57 Å². The third kappa shape index (κ3) is 4.46. The zero-order chi connectivity index (χ0) is 22.9. The number of aliphatic hydroxyl groups excluding tert-OH is 1. The van der Waals surface area contributed by atoms with E-state index < -0.39 is 17.7 Å². The molecule has 5 nitrogen and oxygen atoms in total. The molecule has 0 aliphatic carbocycles. The number of hydrogen-bond acceptors (Lipinski definition) is 4. The number of carbonyl (C=O) groups excluding carboxylic acids is 2. The first kappa shape index (κ1) is 22.9. The summed E-state index contributed by atoms with van der Waals surface area (Å²) >= 11 is 0. The summed E-state index contributed by atoms with van der Waals surface area (Å²) in [7, 11) is 0. The number of ketones is 1. The molecule has 5 heteroatoms. The van der Waals surface area contributed by atoms with Crippen LogP contribution in [0.4, 0.5) is 0 Å². The van der Waals surface area contributed by atoms with E-state index in [9.17, 15) is 14.7 Å². The standard InChI is InChI=1S/C26H33NO4/c1-7-8-9-14-27-22(20-13-11-17(3)31-20)21(24(29)25(27)30)23(28)19-15-18(26(4,5)6)12-10-16(19)2/h10-13,15,22,28H,7-9,14H2,1-6H3/b23-21+. The second-order valence-corrected chi connectivity index (χ2v) is 9.43. The van der Waals surface area contributed by atoms with Gasteiger partial charge in [0, 0.05) is 12.1 Å². The Morgan fingerprint density at radius 2 is 1.81 bits per heavy atom. The highest BCUT2D eigenvalue weighted by Gasteiger charge is 2.47. The molecule has 166 valence electrons. The van der Waals surface area contributed by atoms with Crippen molar-refractivity contribution in [2.24, 2.45) is 0 Å². The van der Waals surface area contributed by atoms with Crippen LogP contribution in [0.3, 0.4) is 0 Å². The molecule has 1 N–H and O–H groups in total. The molecule has 1 aromatic carbocycles. The van der Waals surface area contributed by atoms with Gasteiger partial charge in [0.15, 0.2) is 0 Å². The Balaban J connectivity index is 2.17. The average Bonchev–Trinajstić information content (AvgIpc) is 3.23. The van der Waals surface area contributed by atoms with Gasteiger partial charge in [-0.15, -0.1) is 0 Å². The number of unbranched alkanes of at least 4 members (excludes halogenated alkanes) is 2. The van der Waals surface area contributed by atoms with E-state index in [0.717, 1.165) is 30.4 Å². The van der Waals surface area contributed by atoms with Gasteiger partial charge < -0.3 is 14.4 Å². The summed E-state index contributed by atoms with van der Waals surface area (Å²) in [6.07, 6.45) is 2.76. The van der Waals surface area contributed by atoms with Crippen LogP contribution in [0.1, 0.15) is 81.2 Å². The molecule has 1 aromatic heterocycles. The number of rotatable bonds is 6. The lowest BCUT2D eigenvalue weighted by molar-refractivity contribution is -0.140. The van der Waals surface area contributed by atoms with Crippen LogP contribution in [0.5, 0.6) is 0 Å². The van der Waals surface area contributed by atoms with E-state index in [1.165, 1.54) is 0 Å². The van der Waals surface area contributed by atoms with E-state index in [2.05, 4.69) is 27.7 Å². The van der Waals surface area contributed by atoms with Crippen LogP contribution in [0.15, 0.2) is 40.3 Å². The van der Waals surface area contributed by atoms with Crippen LogP contribution in [0.25, 0.3) is 5.76 Å². The Morgan fingerprint density at radius 1 is 1.10 bits per heavy atom. The van der Waals surface area contributed by atoms with Crippen LogP contribution >= 0.6 is 0 Å². The van der Waals surface area contributed by atoms with Crippen molar-refractivity contribution in [3.8, 4) is 0 Å². The largest absolute Gasteiger partial charge is 0.507 e. The van der Waals surface area contributed by atoms with Crippen molar-refractivity contribution < 1.29 is 19.1 Å². The first-order valence-electron chi connectivity index (χ1n) is 11.0. The molecule has 0 radical (unpaired) electrons. The van der Waals surface area contributed by atoms with E-state index in [0.29, 0.717) is 23.6 Å². The van der Waals surface area contributed by atoms with Gasteiger partial charge in [-0.3, -0.25) is 9.59 Å². The highest BCUT2D eigenvalue weighted by atomic mass is 16.3. The molecule has 1 amide bonds. The molecule has 1 aliphatic rings. The molecule has 1 unspecified atom stereocenters. The molecular formula is C26H33NO4. The molecule has 2 heterocycles. The highest BCUT2D eigenvalue weighted by molar-refractivity contribution is 6.46. The lowest BCUT2D eigenvalue weighted by Gasteiger charge is -2.24. The van der Waals surface area contributed by atoms with E-state index >= 15 is 0 Å². The summed E-state index contributed by atoms with van der Waals surface area (Å²) in [5.41, 5.74) is 2.45. The minimum Gasteiger partial charge on any atom is -0.507 e. The first-order valence-corrected chi connectivity index (χ1v) is 11.0. The van der Waals surface area contributed by atoms with Crippen LogP contribution in [-0.4, -0.2) is 28.2 Å². The normalized spacial score (nSPS) is 18.8. The van der Waals surface area contributed by atoms with E-state index in [1.807, 2.05) is 38.1 Å². The monoisotopic (exact) mass is 423 g/mol. The fourth-order valence-corrected chi connectivity index (χ4v) is 4.03. The molecule has 31 heavy (non-hydrogen) atoms. The number of amides is 1. The van der Waals surface area contributed by atoms with Crippen molar-refractivity contribution in [3.63, 3.8) is 0 Å². The summed E-state index contributed by atoms with van der Waals surface area (Å²) in [6, 6.07) is 8.77. The summed E-state index contributed by atoms with van der Waals surface area (Å²) < 4.78 is 5.83. The third-order valence-electron chi connectivity index (χ3n) is 5.93. The first-order chi connectivity index (χ1) is 14.6. The molecule has 1 aliphatic heterocycles. The number of aryl methyl sites for hydroxylation is 2. The molecule has 0 bridgehead atoms. The number of likely N-dealkylation sites (tertiary alicyclic amines) is 1. The molecule has 1 atom stereocenters. The topological polar surface area (TPSA) is 70.8 Å². The van der Waals surface area contributed by atoms with Crippen molar-refractivity contribution in [2.75, 3.05) is 6.54 Å². The quantitative estimate of drug-likeness (QED) is 0.276. The molecule has 1 saturated heterocycles. The Labute approximate surface area is 184 Å². The zero-order valence-corrected chi connectivity index (χ0v) is 19.4. The summed E-state index contributed by atoms with van der Waals surface area (Å²) in [5, 5.41) is 11.3. The van der Waals surface area contributed by atoms with Crippen molar-refractivity contribution >= 4 is 17.4 Å². The Hall–Kier alpha value is -2.82. The minimum atomic E-state index is -0.719. The van der Waals surface area contributed by atoms with Gasteiger partial charge in [0.2, 0.25) is 0 Å². The number of furan rings is 1. The van der Waals surface area contributed by atoms with Gasteiger partial charge in [-0.25, -0.2) is 0 Å². The third-order valence-corrected chi connectivity index (χ3v) is 5.93. The maximum absolute atomic E-state index is 13.1.